The van der Waals surface area contributed by atoms with Gasteiger partial charge in [0.1, 0.15) is 5.69 Å². The van der Waals surface area contributed by atoms with Crippen molar-refractivity contribution in [2.24, 2.45) is 0 Å². The molecule has 0 aromatic carbocycles. The molecule has 0 aliphatic heterocycles. The van der Waals surface area contributed by atoms with Crippen LogP contribution in [0.25, 0.3) is 0 Å². The minimum atomic E-state index is -0.0292. The fourth-order valence-corrected chi connectivity index (χ4v) is 2.01. The summed E-state index contributed by atoms with van der Waals surface area (Å²) in [6.45, 7) is 8.05. The predicted octanol–water partition coefficient (Wildman–Crippen LogP) is 2.40. The number of methoxy groups -OCH3 is 1. The number of amides is 1. The number of pyridine rings is 1. The molecule has 1 heterocycles. The lowest BCUT2D eigenvalue weighted by Crippen LogP contribution is -2.31. The molecular weight excluding hydrogens is 254 g/mol. The van der Waals surface area contributed by atoms with Crippen LogP contribution in [0.4, 0.5) is 5.69 Å². The summed E-state index contributed by atoms with van der Waals surface area (Å²) in [5.74, 6) is -0.0292. The molecule has 0 bridgehead atoms. The van der Waals surface area contributed by atoms with Crippen LogP contribution in [0.5, 0.6) is 0 Å². The van der Waals surface area contributed by atoms with Gasteiger partial charge < -0.3 is 15.0 Å². The Kier molecular flexibility index (Phi) is 7.01. The molecule has 1 aromatic heterocycles. The number of nitrogens with zero attached hydrogens (tertiary/aromatic N) is 2. The zero-order chi connectivity index (χ0) is 15.0. The highest BCUT2D eigenvalue weighted by Crippen LogP contribution is 2.12. The molecule has 1 N–H and O–H groups in total. The summed E-state index contributed by atoms with van der Waals surface area (Å²) >= 11 is 0. The molecular formula is C15H25N3O2. The lowest BCUT2D eigenvalue weighted by Gasteiger charge is -2.20. The van der Waals surface area contributed by atoms with E-state index >= 15 is 0 Å². The van der Waals surface area contributed by atoms with Gasteiger partial charge in [0.25, 0.3) is 5.91 Å². The number of rotatable bonds is 8. The number of carbonyl (C=O) groups excluding carboxylic acids is 1. The number of nitrogens with one attached hydrogen (secondary N) is 1. The fourth-order valence-electron chi connectivity index (χ4n) is 2.01. The predicted molar refractivity (Wildman–Crippen MR) is 81.1 cm³/mol. The molecule has 1 amide bonds. The van der Waals surface area contributed by atoms with Crippen molar-refractivity contribution in [1.29, 1.82) is 0 Å². The summed E-state index contributed by atoms with van der Waals surface area (Å²) in [4.78, 5) is 18.2. The number of anilines is 1. The number of aromatic nitrogens is 1. The SMILES string of the molecule is CCC(COC)Nc1ccnc(C(=O)N(CC)CC)c1. The van der Waals surface area contributed by atoms with E-state index in [4.69, 9.17) is 4.74 Å². The Bertz CT molecular complexity index is 419. The molecule has 20 heavy (non-hydrogen) atoms. The molecule has 1 atom stereocenters. The van der Waals surface area contributed by atoms with Crippen LogP contribution in [0.1, 0.15) is 37.7 Å². The van der Waals surface area contributed by atoms with E-state index in [1.807, 2.05) is 19.9 Å². The van der Waals surface area contributed by atoms with Gasteiger partial charge in [-0.25, -0.2) is 0 Å². The Balaban J connectivity index is 2.82. The maximum atomic E-state index is 12.3. The third kappa shape index (κ3) is 4.49. The first-order valence-corrected chi connectivity index (χ1v) is 7.16. The van der Waals surface area contributed by atoms with Gasteiger partial charge in [0.15, 0.2) is 0 Å². The molecule has 0 aliphatic rings. The highest BCUT2D eigenvalue weighted by molar-refractivity contribution is 5.93. The van der Waals surface area contributed by atoms with Crippen molar-refractivity contribution >= 4 is 11.6 Å². The number of hydrogen-bond donors (Lipinski definition) is 1. The van der Waals surface area contributed by atoms with Gasteiger partial charge in [-0.1, -0.05) is 6.92 Å². The largest absolute Gasteiger partial charge is 0.383 e. The van der Waals surface area contributed by atoms with Crippen LogP contribution >= 0.6 is 0 Å². The first-order valence-electron chi connectivity index (χ1n) is 7.16. The molecule has 0 spiro atoms. The van der Waals surface area contributed by atoms with E-state index < -0.39 is 0 Å². The number of carbonyl (C=O) groups is 1. The van der Waals surface area contributed by atoms with Crippen molar-refractivity contribution < 1.29 is 9.53 Å². The van der Waals surface area contributed by atoms with Crippen molar-refractivity contribution in [3.8, 4) is 0 Å². The Morgan fingerprint density at radius 1 is 1.40 bits per heavy atom. The topological polar surface area (TPSA) is 54.5 Å². The van der Waals surface area contributed by atoms with E-state index in [1.165, 1.54) is 0 Å². The first-order chi connectivity index (χ1) is 9.65. The standard InChI is InChI=1S/C15H25N3O2/c1-5-12(11-20-4)17-13-8-9-16-14(10-13)15(19)18(6-2)7-3/h8-10,12H,5-7,11H2,1-4H3,(H,16,17). The molecule has 0 aliphatic carbocycles. The van der Waals surface area contributed by atoms with Crippen molar-refractivity contribution in [2.75, 3.05) is 32.1 Å². The Hall–Kier alpha value is -1.62. The molecule has 5 heteroatoms. The lowest BCUT2D eigenvalue weighted by atomic mass is 10.2. The van der Waals surface area contributed by atoms with Crippen LogP contribution in [0.3, 0.4) is 0 Å². The molecule has 0 saturated heterocycles. The van der Waals surface area contributed by atoms with Crippen molar-refractivity contribution in [1.82, 2.24) is 9.88 Å². The maximum absolute atomic E-state index is 12.3. The second kappa shape index (κ2) is 8.53. The zero-order valence-electron chi connectivity index (χ0n) is 12.8. The molecule has 1 unspecified atom stereocenters. The third-order valence-corrected chi connectivity index (χ3v) is 3.26. The highest BCUT2D eigenvalue weighted by atomic mass is 16.5. The minimum Gasteiger partial charge on any atom is -0.383 e. The minimum absolute atomic E-state index is 0.0292. The van der Waals surface area contributed by atoms with Crippen LogP contribution < -0.4 is 5.32 Å². The van der Waals surface area contributed by atoms with E-state index in [1.54, 1.807) is 24.3 Å². The number of ether oxygens (including phenoxy) is 1. The molecule has 112 valence electrons. The summed E-state index contributed by atoms with van der Waals surface area (Å²) in [6.07, 6.45) is 2.62. The second-order valence-electron chi connectivity index (χ2n) is 4.61. The average Bonchev–Trinajstić information content (AvgIpc) is 2.48. The van der Waals surface area contributed by atoms with E-state index in [2.05, 4.69) is 17.2 Å². The monoisotopic (exact) mass is 279 g/mol. The summed E-state index contributed by atoms with van der Waals surface area (Å²) in [7, 11) is 1.69. The smallest absolute Gasteiger partial charge is 0.272 e. The molecule has 0 radical (unpaired) electrons. The van der Waals surface area contributed by atoms with Gasteiger partial charge in [-0.2, -0.15) is 0 Å². The number of hydrogen-bond acceptors (Lipinski definition) is 4. The molecule has 1 rings (SSSR count). The van der Waals surface area contributed by atoms with Crippen LogP contribution in [-0.2, 0) is 4.74 Å². The fraction of sp³-hybridized carbons (Fsp3) is 0.600. The van der Waals surface area contributed by atoms with Crippen molar-refractivity contribution in [3.63, 3.8) is 0 Å². The van der Waals surface area contributed by atoms with E-state index in [0.717, 1.165) is 12.1 Å². The summed E-state index contributed by atoms with van der Waals surface area (Å²) in [5, 5.41) is 3.36. The van der Waals surface area contributed by atoms with Crippen LogP contribution in [-0.4, -0.2) is 48.6 Å². The summed E-state index contributed by atoms with van der Waals surface area (Å²) in [6, 6.07) is 3.91. The lowest BCUT2D eigenvalue weighted by molar-refractivity contribution is 0.0767. The Labute approximate surface area is 121 Å². The average molecular weight is 279 g/mol. The quantitative estimate of drug-likeness (QED) is 0.794. The summed E-state index contributed by atoms with van der Waals surface area (Å²) in [5.41, 5.74) is 1.38. The first kappa shape index (κ1) is 16.4. The Morgan fingerprint density at radius 3 is 2.65 bits per heavy atom. The zero-order valence-corrected chi connectivity index (χ0v) is 12.8. The van der Waals surface area contributed by atoms with E-state index in [-0.39, 0.29) is 11.9 Å². The van der Waals surface area contributed by atoms with Gasteiger partial charge in [-0.05, 0) is 32.4 Å². The van der Waals surface area contributed by atoms with Gasteiger partial charge in [-0.3, -0.25) is 9.78 Å². The molecule has 5 nitrogen and oxygen atoms in total. The highest BCUT2D eigenvalue weighted by Gasteiger charge is 2.14. The van der Waals surface area contributed by atoms with Crippen LogP contribution in [0, 0.1) is 0 Å². The Morgan fingerprint density at radius 2 is 2.10 bits per heavy atom. The van der Waals surface area contributed by atoms with Crippen LogP contribution in [0.2, 0.25) is 0 Å². The maximum Gasteiger partial charge on any atom is 0.272 e. The molecule has 1 aromatic rings. The molecule has 0 saturated carbocycles. The van der Waals surface area contributed by atoms with Crippen molar-refractivity contribution in [2.45, 2.75) is 33.2 Å². The van der Waals surface area contributed by atoms with Crippen LogP contribution in [0.15, 0.2) is 18.3 Å². The second-order valence-corrected chi connectivity index (χ2v) is 4.61. The van der Waals surface area contributed by atoms with E-state index in [0.29, 0.717) is 25.4 Å². The van der Waals surface area contributed by atoms with Crippen molar-refractivity contribution in [3.05, 3.63) is 24.0 Å². The van der Waals surface area contributed by atoms with Gasteiger partial charge in [0, 0.05) is 38.1 Å². The van der Waals surface area contributed by atoms with Gasteiger partial charge in [0.2, 0.25) is 0 Å². The van der Waals surface area contributed by atoms with Gasteiger partial charge in [0.05, 0.1) is 6.61 Å². The third-order valence-electron chi connectivity index (χ3n) is 3.26. The van der Waals surface area contributed by atoms with Gasteiger partial charge in [-0.15, -0.1) is 0 Å². The summed E-state index contributed by atoms with van der Waals surface area (Å²) < 4.78 is 5.16. The van der Waals surface area contributed by atoms with E-state index in [9.17, 15) is 4.79 Å². The molecule has 0 fully saturated rings. The van der Waals surface area contributed by atoms with Gasteiger partial charge >= 0.3 is 0 Å². The normalized spacial score (nSPS) is 12.0.